The Morgan fingerprint density at radius 1 is 0.765 bits per heavy atom. The van der Waals surface area contributed by atoms with Crippen molar-refractivity contribution in [3.8, 4) is 0 Å². The van der Waals surface area contributed by atoms with E-state index in [4.69, 9.17) is 0 Å². The van der Waals surface area contributed by atoms with E-state index in [-0.39, 0.29) is 22.4 Å². The summed E-state index contributed by atoms with van der Waals surface area (Å²) in [5.74, 6) is -1.00. The number of sulfonamides is 1. The second-order valence-corrected chi connectivity index (χ2v) is 10.3. The van der Waals surface area contributed by atoms with Crippen LogP contribution in [-0.4, -0.2) is 67.1 Å². The van der Waals surface area contributed by atoms with E-state index in [1.807, 2.05) is 36.4 Å². The molecule has 0 spiro atoms. The van der Waals surface area contributed by atoms with E-state index in [0.29, 0.717) is 30.5 Å². The van der Waals surface area contributed by atoms with E-state index in [0.717, 1.165) is 0 Å². The van der Waals surface area contributed by atoms with Gasteiger partial charge < -0.3 is 4.90 Å². The quantitative estimate of drug-likeness (QED) is 0.567. The molecule has 0 N–H and O–H groups in total. The predicted molar refractivity (Wildman–Crippen MR) is 128 cm³/mol. The fourth-order valence-corrected chi connectivity index (χ4v) is 6.24. The maximum Gasteiger partial charge on any atom is 0.269 e. The zero-order valence-electron chi connectivity index (χ0n) is 18.6. The highest BCUT2D eigenvalue weighted by molar-refractivity contribution is 7.90. The summed E-state index contributed by atoms with van der Waals surface area (Å²) in [6.45, 7) is 1.73. The zero-order chi connectivity index (χ0) is 23.7. The molecule has 0 saturated carbocycles. The van der Waals surface area contributed by atoms with Crippen molar-refractivity contribution in [3.05, 3.63) is 102 Å². The van der Waals surface area contributed by atoms with Gasteiger partial charge in [0.05, 0.1) is 11.6 Å². The zero-order valence-corrected chi connectivity index (χ0v) is 19.4. The van der Waals surface area contributed by atoms with Gasteiger partial charge in [0.2, 0.25) is 5.91 Å². The van der Waals surface area contributed by atoms with Crippen molar-refractivity contribution >= 4 is 21.8 Å². The largest absolute Gasteiger partial charge is 0.339 e. The SMILES string of the molecule is O=C(CN1C(=O)c2ccccc2S1(=O)=O)N1CCN(C(c2ccccc2)c2ccccc2)CC1. The first-order valence-corrected chi connectivity index (χ1v) is 12.7. The summed E-state index contributed by atoms with van der Waals surface area (Å²) in [4.78, 5) is 29.6. The third-order valence-corrected chi connectivity index (χ3v) is 8.24. The fraction of sp³-hybridized carbons (Fsp3) is 0.231. The molecule has 34 heavy (non-hydrogen) atoms. The summed E-state index contributed by atoms with van der Waals surface area (Å²) in [5.41, 5.74) is 2.48. The Bertz CT molecular complexity index is 1260. The Labute approximate surface area is 199 Å². The number of hydrogen-bond donors (Lipinski definition) is 0. The van der Waals surface area contributed by atoms with E-state index >= 15 is 0 Å². The molecule has 8 heteroatoms. The van der Waals surface area contributed by atoms with E-state index in [1.165, 1.54) is 23.3 Å². The van der Waals surface area contributed by atoms with Crippen molar-refractivity contribution in [1.82, 2.24) is 14.1 Å². The standard InChI is InChI=1S/C26H25N3O4S/c30-24(19-29-26(31)22-13-7-8-14-23(22)34(29,32)33)27-15-17-28(18-16-27)25(20-9-3-1-4-10-20)21-11-5-2-6-12-21/h1-14,25H,15-19H2. The van der Waals surface area contributed by atoms with E-state index in [1.54, 1.807) is 17.0 Å². The fourth-order valence-electron chi connectivity index (χ4n) is 4.72. The van der Waals surface area contributed by atoms with Crippen LogP contribution in [0.4, 0.5) is 0 Å². The van der Waals surface area contributed by atoms with E-state index in [9.17, 15) is 18.0 Å². The summed E-state index contributed by atoms with van der Waals surface area (Å²) in [6, 6.07) is 26.7. The summed E-state index contributed by atoms with van der Waals surface area (Å²) in [6.07, 6.45) is 0. The molecule has 2 heterocycles. The molecule has 2 aliphatic heterocycles. The highest BCUT2D eigenvalue weighted by atomic mass is 32.2. The number of amides is 2. The van der Waals surface area contributed by atoms with Crippen LogP contribution in [0.5, 0.6) is 0 Å². The second-order valence-electron chi connectivity index (χ2n) is 8.45. The van der Waals surface area contributed by atoms with Crippen LogP contribution >= 0.6 is 0 Å². The third kappa shape index (κ3) is 3.99. The minimum Gasteiger partial charge on any atom is -0.339 e. The van der Waals surface area contributed by atoms with Crippen LogP contribution in [0.2, 0.25) is 0 Å². The minimum atomic E-state index is -4.00. The first-order chi connectivity index (χ1) is 16.5. The molecule has 1 saturated heterocycles. The van der Waals surface area contributed by atoms with Gasteiger partial charge in [0, 0.05) is 26.2 Å². The average Bonchev–Trinajstić information content (AvgIpc) is 3.07. The second kappa shape index (κ2) is 9.04. The molecular formula is C26H25N3O4S. The highest BCUT2D eigenvalue weighted by Crippen LogP contribution is 2.31. The number of carbonyl (C=O) groups is 2. The van der Waals surface area contributed by atoms with Crippen molar-refractivity contribution in [2.45, 2.75) is 10.9 Å². The third-order valence-electron chi connectivity index (χ3n) is 6.45. The molecule has 7 nitrogen and oxygen atoms in total. The molecule has 5 rings (SSSR count). The first-order valence-electron chi connectivity index (χ1n) is 11.2. The van der Waals surface area contributed by atoms with Gasteiger partial charge in [0.15, 0.2) is 0 Å². The Hall–Kier alpha value is -3.49. The number of nitrogens with zero attached hydrogens (tertiary/aromatic N) is 3. The highest BCUT2D eigenvalue weighted by Gasteiger charge is 2.42. The Morgan fingerprint density at radius 3 is 1.85 bits per heavy atom. The molecule has 0 bridgehead atoms. The minimum absolute atomic E-state index is 0.0359. The topological polar surface area (TPSA) is 78.0 Å². The number of fused-ring (bicyclic) bond motifs is 1. The van der Waals surface area contributed by atoms with Gasteiger partial charge in [-0.05, 0) is 23.3 Å². The number of hydrogen-bond acceptors (Lipinski definition) is 5. The van der Waals surface area contributed by atoms with Gasteiger partial charge in [-0.15, -0.1) is 0 Å². The lowest BCUT2D eigenvalue weighted by Crippen LogP contribution is -2.52. The van der Waals surface area contributed by atoms with Crippen LogP contribution in [0.1, 0.15) is 27.5 Å². The number of carbonyl (C=O) groups excluding carboxylic acids is 2. The molecule has 174 valence electrons. The monoisotopic (exact) mass is 475 g/mol. The molecule has 1 fully saturated rings. The Morgan fingerprint density at radius 2 is 1.29 bits per heavy atom. The van der Waals surface area contributed by atoms with Crippen LogP contribution in [-0.2, 0) is 14.8 Å². The normalized spacial score (nSPS) is 17.7. The molecule has 0 aliphatic carbocycles. The number of rotatable bonds is 5. The van der Waals surface area contributed by atoms with Gasteiger partial charge in [-0.25, -0.2) is 12.7 Å². The molecule has 2 amide bonds. The molecule has 3 aromatic carbocycles. The van der Waals surface area contributed by atoms with Crippen molar-refractivity contribution < 1.29 is 18.0 Å². The van der Waals surface area contributed by atoms with Crippen molar-refractivity contribution in [2.75, 3.05) is 32.7 Å². The lowest BCUT2D eigenvalue weighted by molar-refractivity contribution is -0.133. The predicted octanol–water partition coefficient (Wildman–Crippen LogP) is 2.76. The van der Waals surface area contributed by atoms with Crippen LogP contribution in [0, 0.1) is 0 Å². The number of benzene rings is 3. The molecule has 3 aromatic rings. The van der Waals surface area contributed by atoms with Crippen LogP contribution in [0.15, 0.2) is 89.8 Å². The van der Waals surface area contributed by atoms with Gasteiger partial charge in [0.1, 0.15) is 11.4 Å². The summed E-state index contributed by atoms with van der Waals surface area (Å²) >= 11 is 0. The molecule has 0 aromatic heterocycles. The van der Waals surface area contributed by atoms with Gasteiger partial charge in [-0.2, -0.15) is 0 Å². The smallest absolute Gasteiger partial charge is 0.269 e. The number of piperazine rings is 1. The average molecular weight is 476 g/mol. The van der Waals surface area contributed by atoms with Crippen molar-refractivity contribution in [1.29, 1.82) is 0 Å². The molecule has 2 aliphatic rings. The Balaban J connectivity index is 1.29. The molecule has 0 atom stereocenters. The molecule has 0 radical (unpaired) electrons. The van der Waals surface area contributed by atoms with Gasteiger partial charge in [-0.3, -0.25) is 14.5 Å². The molecule has 0 unspecified atom stereocenters. The van der Waals surface area contributed by atoms with E-state index < -0.39 is 22.5 Å². The summed E-state index contributed by atoms with van der Waals surface area (Å²) < 4.78 is 26.3. The first kappa shape index (κ1) is 22.3. The Kier molecular flexibility index (Phi) is 5.93. The lowest BCUT2D eigenvalue weighted by Gasteiger charge is -2.40. The van der Waals surface area contributed by atoms with Crippen LogP contribution < -0.4 is 0 Å². The van der Waals surface area contributed by atoms with Gasteiger partial charge in [0.25, 0.3) is 15.9 Å². The molecular weight excluding hydrogens is 450 g/mol. The van der Waals surface area contributed by atoms with Gasteiger partial charge >= 0.3 is 0 Å². The van der Waals surface area contributed by atoms with Crippen LogP contribution in [0.25, 0.3) is 0 Å². The van der Waals surface area contributed by atoms with Crippen molar-refractivity contribution in [2.24, 2.45) is 0 Å². The van der Waals surface area contributed by atoms with E-state index in [2.05, 4.69) is 29.2 Å². The maximum absolute atomic E-state index is 13.0. The summed E-state index contributed by atoms with van der Waals surface area (Å²) in [7, 11) is -4.00. The van der Waals surface area contributed by atoms with Gasteiger partial charge in [-0.1, -0.05) is 72.8 Å². The maximum atomic E-state index is 13.0. The lowest BCUT2D eigenvalue weighted by atomic mass is 9.96. The van der Waals surface area contributed by atoms with Crippen molar-refractivity contribution in [3.63, 3.8) is 0 Å². The summed E-state index contributed by atoms with van der Waals surface area (Å²) in [5, 5.41) is 0. The van der Waals surface area contributed by atoms with Crippen LogP contribution in [0.3, 0.4) is 0 Å².